The summed E-state index contributed by atoms with van der Waals surface area (Å²) in [5.74, 6) is 0.791. The highest BCUT2D eigenvalue weighted by atomic mass is 16.7. The maximum absolute atomic E-state index is 5.95. The molecule has 0 spiro atoms. The molecule has 1 heterocycles. The fraction of sp³-hybridized carbons (Fsp3) is 0.846. The van der Waals surface area contributed by atoms with E-state index in [-0.39, 0.29) is 11.6 Å². The van der Waals surface area contributed by atoms with Crippen LogP contribution in [0.25, 0.3) is 0 Å². The standard InChI is InChI=1S/C13H23NO/c1-6-10(2)15-14-9-11-7-8-13(14,5)12(11,3)4/h6,10-11H,1,7-9H2,2-5H3. The van der Waals surface area contributed by atoms with Crippen molar-refractivity contribution in [3.63, 3.8) is 0 Å². The van der Waals surface area contributed by atoms with E-state index in [1.807, 2.05) is 6.08 Å². The first kappa shape index (κ1) is 11.2. The van der Waals surface area contributed by atoms with Gasteiger partial charge in [-0.2, -0.15) is 5.06 Å². The Balaban J connectivity index is 2.15. The Kier molecular flexibility index (Phi) is 2.47. The van der Waals surface area contributed by atoms with E-state index in [1.165, 1.54) is 12.8 Å². The summed E-state index contributed by atoms with van der Waals surface area (Å²) in [6.07, 6.45) is 4.60. The van der Waals surface area contributed by atoms with Crippen LogP contribution < -0.4 is 0 Å². The number of hydrogen-bond acceptors (Lipinski definition) is 2. The number of fused-ring (bicyclic) bond motifs is 2. The monoisotopic (exact) mass is 209 g/mol. The van der Waals surface area contributed by atoms with Gasteiger partial charge in [0, 0.05) is 12.1 Å². The molecule has 1 saturated heterocycles. The van der Waals surface area contributed by atoms with Gasteiger partial charge in [0.1, 0.15) is 0 Å². The second-order valence-corrected chi connectivity index (χ2v) is 5.84. The molecule has 2 nitrogen and oxygen atoms in total. The van der Waals surface area contributed by atoms with Crippen LogP contribution in [0.15, 0.2) is 12.7 Å². The second kappa shape index (κ2) is 3.33. The van der Waals surface area contributed by atoms with Crippen LogP contribution in [0.1, 0.15) is 40.5 Å². The first-order valence-electron chi connectivity index (χ1n) is 5.99. The fourth-order valence-electron chi connectivity index (χ4n) is 3.15. The zero-order valence-electron chi connectivity index (χ0n) is 10.4. The number of hydrogen-bond donors (Lipinski definition) is 0. The molecule has 2 rings (SSSR count). The molecule has 0 N–H and O–H groups in total. The summed E-state index contributed by atoms with van der Waals surface area (Å²) >= 11 is 0. The van der Waals surface area contributed by atoms with Gasteiger partial charge in [-0.1, -0.05) is 19.9 Å². The van der Waals surface area contributed by atoms with E-state index in [0.29, 0.717) is 5.41 Å². The van der Waals surface area contributed by atoms with Gasteiger partial charge >= 0.3 is 0 Å². The smallest absolute Gasteiger partial charge is 0.0943 e. The van der Waals surface area contributed by atoms with Crippen LogP contribution in [-0.2, 0) is 4.84 Å². The Morgan fingerprint density at radius 3 is 2.53 bits per heavy atom. The Hall–Kier alpha value is -0.340. The third-order valence-corrected chi connectivity index (χ3v) is 4.95. The summed E-state index contributed by atoms with van der Waals surface area (Å²) < 4.78 is 0. The molecule has 3 atom stereocenters. The van der Waals surface area contributed by atoms with Crippen LogP contribution in [0.2, 0.25) is 0 Å². The van der Waals surface area contributed by atoms with Crippen molar-refractivity contribution in [1.29, 1.82) is 0 Å². The average Bonchev–Trinajstić information content (AvgIpc) is 2.50. The molecule has 15 heavy (non-hydrogen) atoms. The van der Waals surface area contributed by atoms with Gasteiger partial charge in [0.05, 0.1) is 6.10 Å². The van der Waals surface area contributed by atoms with Crippen LogP contribution in [-0.4, -0.2) is 23.3 Å². The van der Waals surface area contributed by atoms with Gasteiger partial charge in [0.15, 0.2) is 0 Å². The van der Waals surface area contributed by atoms with Gasteiger partial charge in [0.25, 0.3) is 0 Å². The summed E-state index contributed by atoms with van der Waals surface area (Å²) in [5.41, 5.74) is 0.600. The van der Waals surface area contributed by atoms with Gasteiger partial charge in [-0.05, 0) is 38.0 Å². The second-order valence-electron chi connectivity index (χ2n) is 5.84. The minimum Gasteiger partial charge on any atom is -0.291 e. The third kappa shape index (κ3) is 1.38. The molecule has 2 aliphatic rings. The molecule has 2 heteroatoms. The summed E-state index contributed by atoms with van der Waals surface area (Å²) in [4.78, 5) is 5.95. The topological polar surface area (TPSA) is 12.5 Å². The first-order valence-corrected chi connectivity index (χ1v) is 5.99. The number of rotatable bonds is 3. The molecule has 0 aromatic rings. The van der Waals surface area contributed by atoms with Crippen molar-refractivity contribution in [2.45, 2.75) is 52.2 Å². The van der Waals surface area contributed by atoms with Crippen LogP contribution in [0.4, 0.5) is 0 Å². The van der Waals surface area contributed by atoms with E-state index in [0.717, 1.165) is 12.5 Å². The predicted molar refractivity (Wildman–Crippen MR) is 62.4 cm³/mol. The molecular weight excluding hydrogens is 186 g/mol. The molecule has 1 saturated carbocycles. The largest absolute Gasteiger partial charge is 0.291 e. The Morgan fingerprint density at radius 1 is 1.47 bits per heavy atom. The zero-order valence-corrected chi connectivity index (χ0v) is 10.4. The molecule has 3 unspecified atom stereocenters. The summed E-state index contributed by atoms with van der Waals surface area (Å²) in [6.45, 7) is 14.0. The van der Waals surface area contributed by atoms with Crippen molar-refractivity contribution < 1.29 is 4.84 Å². The van der Waals surface area contributed by atoms with Crippen molar-refractivity contribution >= 4 is 0 Å². The lowest BCUT2D eigenvalue weighted by atomic mass is 9.75. The SMILES string of the molecule is C=CC(C)ON1CC2CCC1(C)C2(C)C. The van der Waals surface area contributed by atoms with Crippen molar-refractivity contribution in [2.75, 3.05) is 6.54 Å². The maximum Gasteiger partial charge on any atom is 0.0943 e. The number of piperidine rings is 1. The molecule has 0 amide bonds. The zero-order chi connectivity index (χ0) is 11.3. The molecule has 86 valence electrons. The fourth-order valence-corrected chi connectivity index (χ4v) is 3.15. The minimum absolute atomic E-state index is 0.122. The summed E-state index contributed by atoms with van der Waals surface area (Å²) in [5, 5.41) is 2.22. The van der Waals surface area contributed by atoms with Crippen molar-refractivity contribution in [3.05, 3.63) is 12.7 Å². The molecule has 1 aliphatic carbocycles. The average molecular weight is 209 g/mol. The Labute approximate surface area is 93.2 Å². The van der Waals surface area contributed by atoms with E-state index in [9.17, 15) is 0 Å². The van der Waals surface area contributed by atoms with Gasteiger partial charge in [0.2, 0.25) is 0 Å². The third-order valence-electron chi connectivity index (χ3n) is 4.95. The molecule has 0 aromatic heterocycles. The van der Waals surface area contributed by atoms with Crippen molar-refractivity contribution in [1.82, 2.24) is 5.06 Å². The van der Waals surface area contributed by atoms with E-state index in [2.05, 4.69) is 39.3 Å². The number of nitrogens with zero attached hydrogens (tertiary/aromatic N) is 1. The van der Waals surface area contributed by atoms with E-state index < -0.39 is 0 Å². The molecule has 0 aromatic carbocycles. The van der Waals surface area contributed by atoms with Gasteiger partial charge in [-0.25, -0.2) is 0 Å². The molecule has 2 fully saturated rings. The van der Waals surface area contributed by atoms with Crippen LogP contribution in [0.5, 0.6) is 0 Å². The molecule has 2 bridgehead atoms. The maximum atomic E-state index is 5.95. The molecular formula is C13H23NO. The first-order chi connectivity index (χ1) is 6.91. The van der Waals surface area contributed by atoms with Gasteiger partial charge < -0.3 is 0 Å². The van der Waals surface area contributed by atoms with E-state index in [1.54, 1.807) is 0 Å². The molecule has 1 aliphatic heterocycles. The minimum atomic E-state index is 0.122. The lowest BCUT2D eigenvalue weighted by Crippen LogP contribution is -2.48. The Morgan fingerprint density at radius 2 is 2.13 bits per heavy atom. The summed E-state index contributed by atoms with van der Waals surface area (Å²) in [7, 11) is 0. The highest BCUT2D eigenvalue weighted by molar-refractivity contribution is 5.11. The summed E-state index contributed by atoms with van der Waals surface area (Å²) in [6, 6.07) is 0. The van der Waals surface area contributed by atoms with Crippen LogP contribution in [0.3, 0.4) is 0 Å². The van der Waals surface area contributed by atoms with Gasteiger partial charge in [-0.3, -0.25) is 4.84 Å². The molecule has 0 radical (unpaired) electrons. The van der Waals surface area contributed by atoms with Crippen LogP contribution >= 0.6 is 0 Å². The Bertz CT molecular complexity index is 274. The highest BCUT2D eigenvalue weighted by Gasteiger charge is 2.61. The van der Waals surface area contributed by atoms with Crippen molar-refractivity contribution in [2.24, 2.45) is 11.3 Å². The number of hydroxylamine groups is 2. The van der Waals surface area contributed by atoms with Gasteiger partial charge in [-0.15, -0.1) is 6.58 Å². The lowest BCUT2D eigenvalue weighted by Gasteiger charge is -2.41. The highest BCUT2D eigenvalue weighted by Crippen LogP contribution is 2.58. The lowest BCUT2D eigenvalue weighted by molar-refractivity contribution is -0.233. The normalized spacial score (nSPS) is 40.7. The quantitative estimate of drug-likeness (QED) is 0.662. The van der Waals surface area contributed by atoms with Crippen molar-refractivity contribution in [3.8, 4) is 0 Å². The predicted octanol–water partition coefficient (Wildman–Crippen LogP) is 3.00. The van der Waals surface area contributed by atoms with Crippen LogP contribution in [0, 0.1) is 11.3 Å². The van der Waals surface area contributed by atoms with E-state index >= 15 is 0 Å². The van der Waals surface area contributed by atoms with E-state index in [4.69, 9.17) is 4.84 Å².